The lowest BCUT2D eigenvalue weighted by Crippen LogP contribution is -2.29. The molecule has 0 fully saturated rings. The lowest BCUT2D eigenvalue weighted by atomic mass is 10.5. The monoisotopic (exact) mass is 191 g/mol. The van der Waals surface area contributed by atoms with Crippen molar-refractivity contribution in [2.75, 3.05) is 6.61 Å². The van der Waals surface area contributed by atoms with Crippen LogP contribution in [0.4, 0.5) is 0 Å². The summed E-state index contributed by atoms with van der Waals surface area (Å²) in [4.78, 5) is 0. The second-order valence-electron chi connectivity index (χ2n) is 2.07. The Balaban J connectivity index is 2.63. The number of hydrogen-bond donors (Lipinski definition) is 1. The van der Waals surface area contributed by atoms with Gasteiger partial charge < -0.3 is 4.74 Å². The zero-order valence-electron chi connectivity index (χ0n) is 6.52. The summed E-state index contributed by atoms with van der Waals surface area (Å²) < 4.78 is 32.7. The minimum Gasteiger partial charge on any atom is -0.464 e. The zero-order valence-corrected chi connectivity index (χ0v) is 7.34. The largest absolute Gasteiger partial charge is 0.464 e. The van der Waals surface area contributed by atoms with Crippen LogP contribution in [0.5, 0.6) is 0 Å². The van der Waals surface area contributed by atoms with E-state index in [1.165, 1.54) is 0 Å². The molecule has 0 saturated carbocycles. The number of nitrogens with one attached hydrogen (secondary N) is 1. The Morgan fingerprint density at radius 3 is 3.00 bits per heavy atom. The summed E-state index contributed by atoms with van der Waals surface area (Å²) in [5.74, 6) is 0. The molecule has 12 heavy (non-hydrogen) atoms. The number of hydrogen-bond acceptors (Lipinski definition) is 4. The molecule has 1 rings (SSSR count). The van der Waals surface area contributed by atoms with Gasteiger partial charge in [-0.05, 0) is 6.42 Å². The minimum absolute atomic E-state index is 0.0214. The van der Waals surface area contributed by atoms with Gasteiger partial charge in [0.25, 0.3) is 0 Å². The third kappa shape index (κ3) is 2.50. The molecule has 0 atom stereocenters. The Hall–Kier alpha value is -1.11. The molecule has 1 aliphatic heterocycles. The predicted octanol–water partition coefficient (Wildman–Crippen LogP) is -0.355. The Morgan fingerprint density at radius 2 is 2.42 bits per heavy atom. The van der Waals surface area contributed by atoms with Gasteiger partial charge in [-0.25, -0.2) is 0 Å². The fraction of sp³-hybridized carbons (Fsp3) is 0.600. The molecule has 1 heterocycles. The molecule has 0 amide bonds. The Labute approximate surface area is 70.5 Å². The highest BCUT2D eigenvalue weighted by Crippen LogP contribution is 1.98. The van der Waals surface area contributed by atoms with E-state index in [9.17, 15) is 8.42 Å². The standard InChI is InChI=1S/C5H9N3O3S/c1-2-3-11-5-6-4-7-12(9,10)8-5/h4H,2-3H2,1H3,(H,6,7,8). The molecular weight excluding hydrogens is 182 g/mol. The first-order valence-electron chi connectivity index (χ1n) is 3.42. The first-order valence-corrected chi connectivity index (χ1v) is 4.82. The fourth-order valence-electron chi connectivity index (χ4n) is 0.570. The summed E-state index contributed by atoms with van der Waals surface area (Å²) in [6.45, 7) is 2.33. The highest BCUT2D eigenvalue weighted by molar-refractivity contribution is 7.89. The van der Waals surface area contributed by atoms with Gasteiger partial charge in [0.05, 0.1) is 6.61 Å². The van der Waals surface area contributed by atoms with Crippen molar-refractivity contribution < 1.29 is 13.2 Å². The highest BCUT2D eigenvalue weighted by atomic mass is 32.2. The smallest absolute Gasteiger partial charge is 0.368 e. The molecule has 0 bridgehead atoms. The maximum atomic E-state index is 10.7. The Bertz CT molecular complexity index is 306. The van der Waals surface area contributed by atoms with E-state index in [1.54, 1.807) is 0 Å². The molecular formula is C5H9N3O3S. The van der Waals surface area contributed by atoms with Crippen molar-refractivity contribution in [2.24, 2.45) is 8.80 Å². The summed E-state index contributed by atoms with van der Waals surface area (Å²) in [5, 5.41) is 2.47. The van der Waals surface area contributed by atoms with Gasteiger partial charge in [0, 0.05) is 0 Å². The van der Waals surface area contributed by atoms with Crippen LogP contribution in [0.2, 0.25) is 0 Å². The van der Waals surface area contributed by atoms with Crippen LogP contribution in [0.1, 0.15) is 13.3 Å². The van der Waals surface area contributed by atoms with Crippen LogP contribution in [0.3, 0.4) is 0 Å². The summed E-state index contributed by atoms with van der Waals surface area (Å²) >= 11 is 0. The van der Waals surface area contributed by atoms with Crippen molar-refractivity contribution in [3.63, 3.8) is 0 Å². The van der Waals surface area contributed by atoms with E-state index in [-0.39, 0.29) is 6.02 Å². The second kappa shape index (κ2) is 3.53. The van der Waals surface area contributed by atoms with Crippen molar-refractivity contribution in [3.8, 4) is 0 Å². The lowest BCUT2D eigenvalue weighted by Gasteiger charge is -2.08. The van der Waals surface area contributed by atoms with Crippen molar-refractivity contribution in [3.05, 3.63) is 0 Å². The third-order valence-corrected chi connectivity index (χ3v) is 1.78. The summed E-state index contributed by atoms with van der Waals surface area (Å²) in [7, 11) is -3.69. The molecule has 6 nitrogen and oxygen atoms in total. The van der Waals surface area contributed by atoms with Crippen LogP contribution in [0.15, 0.2) is 8.80 Å². The maximum Gasteiger partial charge on any atom is 0.368 e. The Morgan fingerprint density at radius 1 is 1.67 bits per heavy atom. The van der Waals surface area contributed by atoms with E-state index >= 15 is 0 Å². The number of amidine groups is 1. The van der Waals surface area contributed by atoms with Gasteiger partial charge in [0.1, 0.15) is 6.34 Å². The van der Waals surface area contributed by atoms with Crippen molar-refractivity contribution >= 4 is 22.6 Å². The van der Waals surface area contributed by atoms with Crippen LogP contribution in [-0.2, 0) is 14.9 Å². The number of ether oxygens (including phenoxy) is 1. The van der Waals surface area contributed by atoms with Crippen LogP contribution in [-0.4, -0.2) is 27.4 Å². The minimum atomic E-state index is -3.69. The molecule has 0 aromatic carbocycles. The summed E-state index contributed by atoms with van der Waals surface area (Å²) in [6.07, 6.45) is 1.82. The van der Waals surface area contributed by atoms with Gasteiger partial charge in [-0.3, -0.25) is 5.32 Å². The van der Waals surface area contributed by atoms with Crippen molar-refractivity contribution in [1.82, 2.24) is 5.32 Å². The molecule has 0 aromatic heterocycles. The van der Waals surface area contributed by atoms with E-state index in [0.717, 1.165) is 12.8 Å². The van der Waals surface area contributed by atoms with Gasteiger partial charge in [-0.1, -0.05) is 11.3 Å². The van der Waals surface area contributed by atoms with E-state index in [0.29, 0.717) is 6.61 Å². The molecule has 0 saturated heterocycles. The Kier molecular flexibility index (Phi) is 2.64. The van der Waals surface area contributed by atoms with Gasteiger partial charge in [0.15, 0.2) is 0 Å². The van der Waals surface area contributed by atoms with Gasteiger partial charge in [-0.15, -0.1) is 4.40 Å². The quantitative estimate of drug-likeness (QED) is 0.646. The van der Waals surface area contributed by atoms with Gasteiger partial charge in [-0.2, -0.15) is 8.42 Å². The maximum absolute atomic E-state index is 10.7. The molecule has 1 N–H and O–H groups in total. The molecule has 1 aliphatic rings. The lowest BCUT2D eigenvalue weighted by molar-refractivity contribution is 0.296. The van der Waals surface area contributed by atoms with Gasteiger partial charge in [0.2, 0.25) is 0 Å². The average molecular weight is 191 g/mol. The first-order chi connectivity index (χ1) is 5.64. The van der Waals surface area contributed by atoms with E-state index < -0.39 is 10.2 Å². The van der Waals surface area contributed by atoms with Crippen molar-refractivity contribution in [1.29, 1.82) is 0 Å². The first kappa shape index (κ1) is 8.98. The molecule has 0 spiro atoms. The zero-order chi connectivity index (χ0) is 9.03. The number of rotatable bonds is 2. The highest BCUT2D eigenvalue weighted by Gasteiger charge is 2.12. The molecule has 7 heteroatoms. The second-order valence-corrected chi connectivity index (χ2v) is 3.36. The fourth-order valence-corrected chi connectivity index (χ4v) is 1.12. The number of nitrogens with zero attached hydrogens (tertiary/aromatic N) is 2. The van der Waals surface area contributed by atoms with Crippen LogP contribution < -0.4 is 5.32 Å². The van der Waals surface area contributed by atoms with Gasteiger partial charge >= 0.3 is 16.2 Å². The molecule has 68 valence electrons. The molecule has 0 aromatic rings. The van der Waals surface area contributed by atoms with Crippen LogP contribution >= 0.6 is 0 Å². The molecule has 0 radical (unpaired) electrons. The van der Waals surface area contributed by atoms with Crippen LogP contribution in [0.25, 0.3) is 0 Å². The average Bonchev–Trinajstić information content (AvgIpc) is 1.99. The normalized spacial score (nSPS) is 19.6. The van der Waals surface area contributed by atoms with E-state index in [4.69, 9.17) is 4.74 Å². The SMILES string of the molecule is CCCOC1=NS(=O)(=O)N=CN1. The molecule has 0 unspecified atom stereocenters. The van der Waals surface area contributed by atoms with E-state index in [2.05, 4.69) is 14.1 Å². The summed E-state index contributed by atoms with van der Waals surface area (Å²) in [5.41, 5.74) is 0. The predicted molar refractivity (Wildman–Crippen MR) is 44.2 cm³/mol. The molecule has 0 aliphatic carbocycles. The van der Waals surface area contributed by atoms with E-state index in [1.807, 2.05) is 6.92 Å². The third-order valence-electron chi connectivity index (χ3n) is 1.02. The topological polar surface area (TPSA) is 80.1 Å². The van der Waals surface area contributed by atoms with Crippen LogP contribution in [0, 0.1) is 0 Å². The summed E-state index contributed by atoms with van der Waals surface area (Å²) in [6, 6.07) is -0.0214. The van der Waals surface area contributed by atoms with Crippen molar-refractivity contribution in [2.45, 2.75) is 13.3 Å².